The zero-order valence-corrected chi connectivity index (χ0v) is 16.8. The summed E-state index contributed by atoms with van der Waals surface area (Å²) in [5, 5.41) is 0.00737. The van der Waals surface area contributed by atoms with Crippen LogP contribution in [0.15, 0.2) is 36.5 Å². The molecule has 140 valence electrons. The Balaban J connectivity index is 2.48. The van der Waals surface area contributed by atoms with Crippen molar-refractivity contribution in [2.24, 2.45) is 5.73 Å². The second-order valence-electron chi connectivity index (χ2n) is 7.61. The van der Waals surface area contributed by atoms with Crippen LogP contribution in [0.1, 0.15) is 26.3 Å². The van der Waals surface area contributed by atoms with Gasteiger partial charge in [0, 0.05) is 11.8 Å². The van der Waals surface area contributed by atoms with Crippen molar-refractivity contribution in [2.75, 3.05) is 0 Å². The fourth-order valence-electron chi connectivity index (χ4n) is 2.16. The van der Waals surface area contributed by atoms with E-state index in [4.69, 9.17) is 14.9 Å². The normalized spacial score (nSPS) is 12.1. The minimum atomic E-state index is -2.05. The van der Waals surface area contributed by atoms with E-state index in [9.17, 15) is 9.18 Å². The molecule has 1 heterocycles. The number of hydrogen-bond donors (Lipinski definition) is 1. The number of nitrogens with two attached hydrogens (primary N) is 1. The first-order valence-corrected chi connectivity index (χ1v) is 11.3. The molecule has 0 aliphatic rings. The summed E-state index contributed by atoms with van der Waals surface area (Å²) in [6.45, 7) is 10.7. The number of hydrogen-bond acceptors (Lipinski definition) is 4. The maximum atomic E-state index is 14.5. The zero-order chi connectivity index (χ0) is 19.5. The fraction of sp³-hybridized carbons (Fsp3) is 0.368. The van der Waals surface area contributed by atoms with E-state index in [1.165, 1.54) is 6.20 Å². The summed E-state index contributed by atoms with van der Waals surface area (Å²) in [6.07, 6.45) is 0.314. The molecule has 1 aromatic carbocycles. The van der Waals surface area contributed by atoms with Gasteiger partial charge in [-0.3, -0.25) is 0 Å². The van der Waals surface area contributed by atoms with Gasteiger partial charge in [-0.1, -0.05) is 51.1 Å². The first-order chi connectivity index (χ1) is 12.0. The Morgan fingerprint density at radius 2 is 1.85 bits per heavy atom. The van der Waals surface area contributed by atoms with Crippen LogP contribution in [-0.2, 0) is 11.0 Å². The molecule has 0 bridgehead atoms. The average Bonchev–Trinajstić information content (AvgIpc) is 2.53. The Bertz CT molecular complexity index is 789. The molecule has 0 radical (unpaired) electrons. The molecular formula is C19H25FN2O3Si. The molecular weight excluding hydrogens is 351 g/mol. The van der Waals surface area contributed by atoms with Crippen LogP contribution < -0.4 is 10.5 Å². The molecule has 0 spiro atoms. The molecule has 0 fully saturated rings. The van der Waals surface area contributed by atoms with Crippen molar-refractivity contribution in [3.63, 3.8) is 0 Å². The maximum absolute atomic E-state index is 14.5. The van der Waals surface area contributed by atoms with E-state index in [-0.39, 0.29) is 23.0 Å². The van der Waals surface area contributed by atoms with Crippen LogP contribution >= 0.6 is 0 Å². The summed E-state index contributed by atoms with van der Waals surface area (Å²) in [7, 11) is -2.05. The van der Waals surface area contributed by atoms with Crippen molar-refractivity contribution in [3.05, 3.63) is 48.0 Å². The highest BCUT2D eigenvalue weighted by atomic mass is 28.4. The van der Waals surface area contributed by atoms with Crippen LogP contribution in [0.2, 0.25) is 18.1 Å². The largest absolute Gasteiger partial charge is 0.412 e. The number of halogens is 1. The van der Waals surface area contributed by atoms with E-state index in [1.54, 1.807) is 24.3 Å². The molecule has 2 rings (SSSR count). The minimum Gasteiger partial charge on any atom is -0.412 e. The topological polar surface area (TPSA) is 74.4 Å². The minimum absolute atomic E-state index is 0.00737. The molecule has 0 saturated carbocycles. The average molecular weight is 377 g/mol. The summed E-state index contributed by atoms with van der Waals surface area (Å²) in [6, 6.07) is 8.77. The van der Waals surface area contributed by atoms with E-state index in [2.05, 4.69) is 38.8 Å². The maximum Gasteiger partial charge on any atom is 0.409 e. The van der Waals surface area contributed by atoms with Crippen LogP contribution in [0, 0.1) is 5.95 Å². The summed E-state index contributed by atoms with van der Waals surface area (Å²) in [4.78, 5) is 15.2. The van der Waals surface area contributed by atoms with Crippen molar-refractivity contribution in [1.29, 1.82) is 0 Å². The Hall–Kier alpha value is -2.25. The SMILES string of the molecule is CC(C)(C)[Si](C)(C)OCc1cnc(F)c(-c2ccccc2)c1OC(N)=O. The number of carbonyl (C=O) groups excluding carboxylic acids is 1. The number of nitrogens with zero attached hydrogens (tertiary/aromatic N) is 1. The quantitative estimate of drug-likeness (QED) is 0.597. The van der Waals surface area contributed by atoms with Gasteiger partial charge >= 0.3 is 6.09 Å². The fourth-order valence-corrected chi connectivity index (χ4v) is 3.11. The number of amides is 1. The number of aromatic nitrogens is 1. The lowest BCUT2D eigenvalue weighted by atomic mass is 10.0. The summed E-state index contributed by atoms with van der Waals surface area (Å²) >= 11 is 0. The molecule has 2 aromatic rings. The molecule has 2 N–H and O–H groups in total. The van der Waals surface area contributed by atoms with Crippen molar-refractivity contribution in [3.8, 4) is 16.9 Å². The Kier molecular flexibility index (Phi) is 5.83. The van der Waals surface area contributed by atoms with Gasteiger partial charge < -0.3 is 14.9 Å². The van der Waals surface area contributed by atoms with Crippen LogP contribution in [0.5, 0.6) is 5.75 Å². The molecule has 1 aromatic heterocycles. The monoisotopic (exact) mass is 376 g/mol. The lowest BCUT2D eigenvalue weighted by Gasteiger charge is -2.36. The number of benzene rings is 1. The van der Waals surface area contributed by atoms with Gasteiger partial charge in [0.15, 0.2) is 14.1 Å². The van der Waals surface area contributed by atoms with Crippen molar-refractivity contribution in [2.45, 2.75) is 45.5 Å². The molecule has 0 atom stereocenters. The highest BCUT2D eigenvalue weighted by molar-refractivity contribution is 6.74. The second kappa shape index (κ2) is 7.55. The lowest BCUT2D eigenvalue weighted by molar-refractivity contribution is 0.208. The third-order valence-corrected chi connectivity index (χ3v) is 9.20. The Morgan fingerprint density at radius 1 is 1.23 bits per heavy atom. The zero-order valence-electron chi connectivity index (χ0n) is 15.8. The molecule has 5 nitrogen and oxygen atoms in total. The molecule has 0 unspecified atom stereocenters. The molecule has 0 saturated heterocycles. The second-order valence-corrected chi connectivity index (χ2v) is 12.4. The molecule has 0 aliphatic carbocycles. The van der Waals surface area contributed by atoms with Gasteiger partial charge in [0.1, 0.15) is 0 Å². The third-order valence-electron chi connectivity index (χ3n) is 4.72. The van der Waals surface area contributed by atoms with E-state index < -0.39 is 20.4 Å². The third kappa shape index (κ3) is 4.47. The van der Waals surface area contributed by atoms with Crippen LogP contribution in [0.4, 0.5) is 9.18 Å². The summed E-state index contributed by atoms with van der Waals surface area (Å²) < 4.78 is 25.8. The molecule has 7 heteroatoms. The van der Waals surface area contributed by atoms with Gasteiger partial charge in [-0.25, -0.2) is 9.78 Å². The first-order valence-electron chi connectivity index (χ1n) is 8.37. The van der Waals surface area contributed by atoms with E-state index in [1.807, 2.05) is 6.07 Å². The van der Waals surface area contributed by atoms with Gasteiger partial charge in [0.2, 0.25) is 5.95 Å². The Morgan fingerprint density at radius 3 is 2.38 bits per heavy atom. The van der Waals surface area contributed by atoms with E-state index in [0.717, 1.165) is 0 Å². The number of rotatable bonds is 5. The highest BCUT2D eigenvalue weighted by Crippen LogP contribution is 2.39. The predicted molar refractivity (Wildman–Crippen MR) is 102 cm³/mol. The number of primary amides is 1. The van der Waals surface area contributed by atoms with Crippen LogP contribution in [0.25, 0.3) is 11.1 Å². The smallest absolute Gasteiger partial charge is 0.409 e. The summed E-state index contributed by atoms with van der Waals surface area (Å²) in [5.41, 5.74) is 6.33. The van der Waals surface area contributed by atoms with Crippen molar-refractivity contribution < 1.29 is 18.3 Å². The van der Waals surface area contributed by atoms with E-state index >= 15 is 0 Å². The van der Waals surface area contributed by atoms with Gasteiger partial charge in [0.25, 0.3) is 0 Å². The Labute approximate surface area is 154 Å². The standard InChI is InChI=1S/C19H25FN2O3Si/c1-19(2,3)26(4,5)24-12-14-11-22-17(20)15(16(14)25-18(21)23)13-9-7-6-8-10-13/h6-11H,12H2,1-5H3,(H2,21,23). The van der Waals surface area contributed by atoms with Crippen molar-refractivity contribution in [1.82, 2.24) is 4.98 Å². The summed E-state index contributed by atoms with van der Waals surface area (Å²) in [5.74, 6) is -0.682. The van der Waals surface area contributed by atoms with Crippen LogP contribution in [0.3, 0.4) is 0 Å². The number of carbonyl (C=O) groups is 1. The molecule has 1 amide bonds. The van der Waals surface area contributed by atoms with Gasteiger partial charge in [-0.15, -0.1) is 0 Å². The van der Waals surface area contributed by atoms with Gasteiger partial charge in [-0.2, -0.15) is 4.39 Å². The molecule has 26 heavy (non-hydrogen) atoms. The first kappa shape index (κ1) is 20.1. The van der Waals surface area contributed by atoms with Crippen molar-refractivity contribution >= 4 is 14.4 Å². The highest BCUT2D eigenvalue weighted by Gasteiger charge is 2.37. The predicted octanol–water partition coefficient (Wildman–Crippen LogP) is 4.87. The van der Waals surface area contributed by atoms with Crippen LogP contribution in [-0.4, -0.2) is 19.4 Å². The number of ether oxygens (including phenoxy) is 1. The van der Waals surface area contributed by atoms with Gasteiger partial charge in [0.05, 0.1) is 12.2 Å². The van der Waals surface area contributed by atoms with E-state index in [0.29, 0.717) is 11.1 Å². The van der Waals surface area contributed by atoms with Gasteiger partial charge in [-0.05, 0) is 23.7 Å². The lowest BCUT2D eigenvalue weighted by Crippen LogP contribution is -2.40. The molecule has 0 aliphatic heterocycles. The number of pyridine rings is 1.